The first-order valence-electron chi connectivity index (χ1n) is 21.2. The van der Waals surface area contributed by atoms with Crippen molar-refractivity contribution in [1.29, 1.82) is 0 Å². The molecule has 9 aromatic carbocycles. The van der Waals surface area contributed by atoms with Gasteiger partial charge in [0.05, 0.1) is 27.5 Å². The maximum atomic E-state index is 6.80. The van der Waals surface area contributed by atoms with Crippen molar-refractivity contribution in [3.8, 4) is 56.7 Å². The van der Waals surface area contributed by atoms with Crippen LogP contribution in [0.5, 0.6) is 0 Å². The Hall–Kier alpha value is -8.61. The number of aromatic nitrogens is 5. The minimum Gasteiger partial charge on any atom is -0.455 e. The van der Waals surface area contributed by atoms with Crippen LogP contribution in [0.2, 0.25) is 0 Å². The molecule has 0 amide bonds. The molecule has 0 saturated carbocycles. The molecule has 6 nitrogen and oxygen atoms in total. The molecule has 0 aliphatic heterocycles. The first-order valence-corrected chi connectivity index (χ1v) is 21.2. The highest BCUT2D eigenvalue weighted by Gasteiger charge is 2.25. The third kappa shape index (κ3) is 5.55. The minimum atomic E-state index is 0.533. The molecule has 0 radical (unpaired) electrons. The second-order valence-corrected chi connectivity index (χ2v) is 16.0. The normalized spacial score (nSPS) is 11.8. The molecule has 294 valence electrons. The van der Waals surface area contributed by atoms with Crippen molar-refractivity contribution in [3.63, 3.8) is 0 Å². The highest BCUT2D eigenvalue weighted by molar-refractivity contribution is 6.27. The molecule has 0 N–H and O–H groups in total. The summed E-state index contributed by atoms with van der Waals surface area (Å²) >= 11 is 0. The first-order chi connectivity index (χ1) is 31.2. The maximum Gasteiger partial charge on any atom is 0.238 e. The fourth-order valence-corrected chi connectivity index (χ4v) is 9.51. The smallest absolute Gasteiger partial charge is 0.238 e. The van der Waals surface area contributed by atoms with Crippen molar-refractivity contribution in [2.75, 3.05) is 0 Å². The van der Waals surface area contributed by atoms with Crippen molar-refractivity contribution in [3.05, 3.63) is 212 Å². The fraction of sp³-hybridized carbons (Fsp3) is 0. The minimum absolute atomic E-state index is 0.533. The fourth-order valence-electron chi connectivity index (χ4n) is 9.51. The topological polar surface area (TPSA) is 61.7 Å². The molecule has 0 unspecified atom stereocenters. The molecule has 13 rings (SSSR count). The third-order valence-corrected chi connectivity index (χ3v) is 12.4. The molecule has 63 heavy (non-hydrogen) atoms. The molecule has 4 aromatic heterocycles. The van der Waals surface area contributed by atoms with Crippen LogP contribution in [0.1, 0.15) is 0 Å². The summed E-state index contributed by atoms with van der Waals surface area (Å²) in [7, 11) is 0. The summed E-state index contributed by atoms with van der Waals surface area (Å²) in [6, 6.07) is 74.4. The quantitative estimate of drug-likeness (QED) is 0.168. The number of fused-ring (bicyclic) bond motifs is 10. The predicted octanol–water partition coefficient (Wildman–Crippen LogP) is 14.6. The number of nitrogens with zero attached hydrogens (tertiary/aromatic N) is 5. The average Bonchev–Trinajstić information content (AvgIpc) is 4.02. The Kier molecular flexibility index (Phi) is 7.80. The maximum absolute atomic E-state index is 6.80. The lowest BCUT2D eigenvalue weighted by Crippen LogP contribution is -2.07. The van der Waals surface area contributed by atoms with Gasteiger partial charge in [0.15, 0.2) is 11.6 Å². The molecule has 0 saturated heterocycles. The molecule has 6 heteroatoms. The van der Waals surface area contributed by atoms with E-state index in [0.717, 1.165) is 82.8 Å². The van der Waals surface area contributed by atoms with Crippen LogP contribution in [0.25, 0.3) is 122 Å². The van der Waals surface area contributed by atoms with Gasteiger partial charge in [-0.15, -0.1) is 0 Å². The van der Waals surface area contributed by atoms with Gasteiger partial charge in [0.2, 0.25) is 5.95 Å². The number of rotatable bonds is 6. The number of para-hydroxylation sites is 4. The van der Waals surface area contributed by atoms with Crippen LogP contribution in [-0.4, -0.2) is 24.1 Å². The van der Waals surface area contributed by atoms with E-state index in [1.165, 1.54) is 21.8 Å². The SMILES string of the molecule is c1ccc(-c2nc(-c3ccccc3)nc(-n3c4ccccc4c4c5oc6ccccc6c5cc(-c5ccc(-c6ccc7c(c6)c6ccccc6n7-c6ccccc6)cc5)c43)n2)cc1. The van der Waals surface area contributed by atoms with Crippen molar-refractivity contribution in [2.24, 2.45) is 0 Å². The van der Waals surface area contributed by atoms with Gasteiger partial charge >= 0.3 is 0 Å². The van der Waals surface area contributed by atoms with E-state index in [1.54, 1.807) is 0 Å². The molecule has 0 atom stereocenters. The van der Waals surface area contributed by atoms with Gasteiger partial charge in [-0.05, 0) is 65.2 Å². The van der Waals surface area contributed by atoms with E-state index in [1.807, 2.05) is 72.8 Å². The van der Waals surface area contributed by atoms with Crippen LogP contribution >= 0.6 is 0 Å². The Bertz CT molecular complexity index is 3830. The Morgan fingerprint density at radius 2 is 0.889 bits per heavy atom. The third-order valence-electron chi connectivity index (χ3n) is 12.4. The summed E-state index contributed by atoms with van der Waals surface area (Å²) in [6.45, 7) is 0. The van der Waals surface area contributed by atoms with Crippen molar-refractivity contribution >= 4 is 65.6 Å². The Balaban J connectivity index is 1.05. The molecular weight excluding hydrogens is 771 g/mol. The molecular formula is C57H35N5O. The molecule has 4 heterocycles. The lowest BCUT2D eigenvalue weighted by Gasteiger charge is -2.13. The first kappa shape index (κ1) is 35.2. The van der Waals surface area contributed by atoms with Gasteiger partial charge in [0, 0.05) is 49.3 Å². The highest BCUT2D eigenvalue weighted by atomic mass is 16.3. The van der Waals surface area contributed by atoms with Gasteiger partial charge in [-0.1, -0.05) is 164 Å². The van der Waals surface area contributed by atoms with Crippen molar-refractivity contribution in [2.45, 2.75) is 0 Å². The van der Waals surface area contributed by atoms with Gasteiger partial charge in [-0.3, -0.25) is 4.57 Å². The van der Waals surface area contributed by atoms with Crippen LogP contribution in [0, 0.1) is 0 Å². The van der Waals surface area contributed by atoms with Crippen LogP contribution in [0.15, 0.2) is 217 Å². The monoisotopic (exact) mass is 805 g/mol. The van der Waals surface area contributed by atoms with E-state index in [-0.39, 0.29) is 0 Å². The summed E-state index contributed by atoms with van der Waals surface area (Å²) in [5.41, 5.74) is 13.4. The zero-order valence-corrected chi connectivity index (χ0v) is 33.9. The summed E-state index contributed by atoms with van der Waals surface area (Å²) in [5, 5.41) is 6.66. The molecule has 0 aliphatic carbocycles. The molecule has 13 aromatic rings. The zero-order valence-electron chi connectivity index (χ0n) is 33.9. The Morgan fingerprint density at radius 3 is 1.59 bits per heavy atom. The van der Waals surface area contributed by atoms with Crippen LogP contribution in [0.4, 0.5) is 0 Å². The number of hydrogen-bond acceptors (Lipinski definition) is 4. The second kappa shape index (κ2) is 14.0. The van der Waals surface area contributed by atoms with Gasteiger partial charge in [-0.25, -0.2) is 4.98 Å². The highest BCUT2D eigenvalue weighted by Crippen LogP contribution is 2.46. The summed E-state index contributed by atoms with van der Waals surface area (Å²) in [6.07, 6.45) is 0. The van der Waals surface area contributed by atoms with E-state index in [4.69, 9.17) is 19.4 Å². The molecule has 0 aliphatic rings. The number of furan rings is 1. The zero-order chi connectivity index (χ0) is 41.4. The van der Waals surface area contributed by atoms with Gasteiger partial charge in [0.1, 0.15) is 11.2 Å². The van der Waals surface area contributed by atoms with E-state index >= 15 is 0 Å². The van der Waals surface area contributed by atoms with Crippen molar-refractivity contribution in [1.82, 2.24) is 24.1 Å². The van der Waals surface area contributed by atoms with Gasteiger partial charge in [0.25, 0.3) is 0 Å². The number of benzene rings is 9. The number of hydrogen-bond donors (Lipinski definition) is 0. The van der Waals surface area contributed by atoms with Crippen LogP contribution in [0.3, 0.4) is 0 Å². The largest absolute Gasteiger partial charge is 0.455 e. The summed E-state index contributed by atoms with van der Waals surface area (Å²) < 4.78 is 11.4. The van der Waals surface area contributed by atoms with Crippen LogP contribution in [-0.2, 0) is 0 Å². The Morgan fingerprint density at radius 1 is 0.349 bits per heavy atom. The summed E-state index contributed by atoms with van der Waals surface area (Å²) in [5.74, 6) is 1.74. The molecule has 0 spiro atoms. The molecule has 0 fully saturated rings. The Labute approximate surface area is 361 Å². The van der Waals surface area contributed by atoms with E-state index in [0.29, 0.717) is 17.6 Å². The lowest BCUT2D eigenvalue weighted by molar-refractivity contribution is 0.673. The van der Waals surface area contributed by atoms with Crippen molar-refractivity contribution < 1.29 is 4.42 Å². The van der Waals surface area contributed by atoms with Crippen LogP contribution < -0.4 is 0 Å². The van der Waals surface area contributed by atoms with E-state index in [2.05, 4.69) is 149 Å². The predicted molar refractivity (Wildman–Crippen MR) is 258 cm³/mol. The average molecular weight is 806 g/mol. The molecule has 0 bridgehead atoms. The van der Waals surface area contributed by atoms with Gasteiger partial charge in [-0.2, -0.15) is 9.97 Å². The summed E-state index contributed by atoms with van der Waals surface area (Å²) in [4.78, 5) is 15.6. The van der Waals surface area contributed by atoms with E-state index in [9.17, 15) is 0 Å². The second-order valence-electron chi connectivity index (χ2n) is 16.0. The standard InChI is InChI=1S/C57H35N5O/c1-4-16-38(17-5-1)55-58-56(39-18-6-2-7-19-39)60-57(59-55)62-49-26-14-11-24-44(49)52-53(62)45(35-47-43-23-12-15-27-51(43)63-54(47)52)37-30-28-36(29-31-37)40-32-33-50-46(34-40)42-22-10-13-25-48(42)61(50)41-20-8-3-9-21-41/h1-35H. The lowest BCUT2D eigenvalue weighted by atomic mass is 9.96. The van der Waals surface area contributed by atoms with Gasteiger partial charge < -0.3 is 8.98 Å². The van der Waals surface area contributed by atoms with E-state index < -0.39 is 0 Å².